The second-order valence-electron chi connectivity index (χ2n) is 10.5. The van der Waals surface area contributed by atoms with Crippen LogP contribution in [0.5, 0.6) is 0 Å². The molecule has 6 atom stereocenters. The molecule has 3 aromatic rings. The first kappa shape index (κ1) is 25.8. The van der Waals surface area contributed by atoms with Gasteiger partial charge >= 0.3 is 5.97 Å². The van der Waals surface area contributed by atoms with Crippen molar-refractivity contribution < 1.29 is 18.7 Å². The molecule has 1 amide bonds. The third-order valence-electron chi connectivity index (χ3n) is 8.20. The molecular formula is C31H32FN3O3. The summed E-state index contributed by atoms with van der Waals surface area (Å²) in [5.41, 5.74) is 1.73. The van der Waals surface area contributed by atoms with Crippen molar-refractivity contribution in [3.8, 4) is 11.1 Å². The largest absolute Gasteiger partial charge is 0.460 e. The van der Waals surface area contributed by atoms with E-state index < -0.39 is 5.54 Å². The van der Waals surface area contributed by atoms with Gasteiger partial charge in [-0.3, -0.25) is 14.8 Å². The van der Waals surface area contributed by atoms with Gasteiger partial charge in [0, 0.05) is 35.6 Å². The van der Waals surface area contributed by atoms with Crippen LogP contribution in [0.2, 0.25) is 0 Å². The number of nitrogens with one attached hydrogen (secondary N) is 1. The van der Waals surface area contributed by atoms with Gasteiger partial charge in [-0.05, 0) is 73.1 Å². The maximum Gasteiger partial charge on any atom is 0.332 e. The average Bonchev–Trinajstić information content (AvgIpc) is 3.16. The summed E-state index contributed by atoms with van der Waals surface area (Å²) in [5, 5.41) is 3.10. The van der Waals surface area contributed by atoms with Crippen LogP contribution in [0.25, 0.3) is 17.2 Å². The number of esters is 1. The fraction of sp³-hybridized carbons (Fsp3) is 0.355. The van der Waals surface area contributed by atoms with Gasteiger partial charge in [0.05, 0.1) is 5.69 Å². The SMILES string of the molecule is CCC1C(C)C[C@@]2(NC(=O)c3ccncc3)C(=O)O[C@H](C)[C@H]2C1/C=C/c1ccc(-c2cccc(F)c2)cn1. The van der Waals surface area contributed by atoms with E-state index in [0.29, 0.717) is 17.9 Å². The molecule has 7 heteroatoms. The minimum atomic E-state index is -1.10. The normalized spacial score (nSPS) is 28.6. The summed E-state index contributed by atoms with van der Waals surface area (Å²) in [7, 11) is 0. The molecule has 2 fully saturated rings. The van der Waals surface area contributed by atoms with Gasteiger partial charge in [-0.1, -0.05) is 44.5 Å². The number of cyclic esters (lactones) is 1. The molecule has 0 bridgehead atoms. The van der Waals surface area contributed by atoms with Gasteiger partial charge < -0.3 is 10.1 Å². The molecule has 5 rings (SSSR count). The number of carbonyl (C=O) groups excluding carboxylic acids is 2. The predicted molar refractivity (Wildman–Crippen MR) is 143 cm³/mol. The number of halogens is 1. The monoisotopic (exact) mass is 513 g/mol. The fourth-order valence-electron chi connectivity index (χ4n) is 6.50. The van der Waals surface area contributed by atoms with Crippen LogP contribution < -0.4 is 5.32 Å². The number of amides is 1. The number of carbonyl (C=O) groups is 2. The lowest BCUT2D eigenvalue weighted by atomic mass is 9.57. The highest BCUT2D eigenvalue weighted by Crippen LogP contribution is 2.52. The molecule has 38 heavy (non-hydrogen) atoms. The van der Waals surface area contributed by atoms with Crippen molar-refractivity contribution in [3.05, 3.63) is 90.3 Å². The van der Waals surface area contributed by atoms with Crippen LogP contribution in [-0.4, -0.2) is 33.5 Å². The molecule has 2 aromatic heterocycles. The highest BCUT2D eigenvalue weighted by atomic mass is 19.1. The number of pyridine rings is 2. The van der Waals surface area contributed by atoms with Crippen LogP contribution in [0.4, 0.5) is 4.39 Å². The second-order valence-corrected chi connectivity index (χ2v) is 10.5. The van der Waals surface area contributed by atoms with Crippen LogP contribution in [0.1, 0.15) is 49.7 Å². The fourth-order valence-corrected chi connectivity index (χ4v) is 6.50. The standard InChI is InChI=1S/C31H32FN3O3/c1-4-26-19(2)17-31(35-29(36)21-12-14-33-15-13-21)28(20(3)38-30(31)37)27(26)11-10-25-9-8-23(18-34-25)22-6-5-7-24(32)16-22/h5-16,18-20,26-28H,4,17H2,1-3H3,(H,35,36)/b11-10+/t19?,20-,26?,27?,28+,31+/m1/s1. The second kappa shape index (κ2) is 10.5. The summed E-state index contributed by atoms with van der Waals surface area (Å²) in [4.78, 5) is 35.1. The first-order valence-corrected chi connectivity index (χ1v) is 13.2. The van der Waals surface area contributed by atoms with E-state index in [4.69, 9.17) is 4.74 Å². The summed E-state index contributed by atoms with van der Waals surface area (Å²) < 4.78 is 19.4. The summed E-state index contributed by atoms with van der Waals surface area (Å²) >= 11 is 0. The predicted octanol–water partition coefficient (Wildman–Crippen LogP) is 5.71. The Kier molecular flexibility index (Phi) is 7.11. The van der Waals surface area contributed by atoms with Crippen molar-refractivity contribution in [1.29, 1.82) is 0 Å². The zero-order valence-electron chi connectivity index (χ0n) is 21.8. The Morgan fingerprint density at radius 2 is 1.95 bits per heavy atom. The Hall–Kier alpha value is -3.87. The Morgan fingerprint density at radius 3 is 2.63 bits per heavy atom. The van der Waals surface area contributed by atoms with E-state index >= 15 is 0 Å². The maximum absolute atomic E-state index is 13.6. The minimum absolute atomic E-state index is 0.00682. The molecule has 3 heterocycles. The quantitative estimate of drug-likeness (QED) is 0.427. The zero-order valence-corrected chi connectivity index (χ0v) is 21.8. The van der Waals surface area contributed by atoms with E-state index in [0.717, 1.165) is 23.2 Å². The molecule has 3 unspecified atom stereocenters. The van der Waals surface area contributed by atoms with Crippen molar-refractivity contribution >= 4 is 18.0 Å². The number of benzene rings is 1. The Labute approximate surface area is 222 Å². The molecule has 0 spiro atoms. The number of rotatable bonds is 6. The van der Waals surface area contributed by atoms with Gasteiger partial charge in [-0.25, -0.2) is 9.18 Å². The maximum atomic E-state index is 13.6. The molecule has 0 radical (unpaired) electrons. The van der Waals surface area contributed by atoms with E-state index in [1.165, 1.54) is 12.1 Å². The van der Waals surface area contributed by atoms with Crippen LogP contribution in [0, 0.1) is 29.5 Å². The molecule has 1 saturated carbocycles. The number of ether oxygens (including phenoxy) is 1. The van der Waals surface area contributed by atoms with E-state index in [-0.39, 0.29) is 41.6 Å². The van der Waals surface area contributed by atoms with Crippen molar-refractivity contribution in [2.75, 3.05) is 0 Å². The number of hydrogen-bond donors (Lipinski definition) is 1. The van der Waals surface area contributed by atoms with Gasteiger partial charge in [-0.15, -0.1) is 0 Å². The lowest BCUT2D eigenvalue weighted by Crippen LogP contribution is -2.63. The highest BCUT2D eigenvalue weighted by Gasteiger charge is 2.63. The number of allylic oxidation sites excluding steroid dienone is 1. The highest BCUT2D eigenvalue weighted by molar-refractivity contribution is 5.99. The molecule has 1 aromatic carbocycles. The van der Waals surface area contributed by atoms with Gasteiger partial charge in [-0.2, -0.15) is 0 Å². The smallest absolute Gasteiger partial charge is 0.332 e. The Bertz CT molecular complexity index is 1340. The average molecular weight is 514 g/mol. The summed E-state index contributed by atoms with van der Waals surface area (Å²) in [5.74, 6) is -0.684. The molecule has 1 aliphatic heterocycles. The van der Waals surface area contributed by atoms with Crippen LogP contribution in [0.15, 0.2) is 73.2 Å². The topological polar surface area (TPSA) is 81.2 Å². The van der Waals surface area contributed by atoms with Crippen molar-refractivity contribution in [1.82, 2.24) is 15.3 Å². The molecule has 6 nitrogen and oxygen atoms in total. The molecule has 2 aliphatic rings. The lowest BCUT2D eigenvalue weighted by molar-refractivity contribution is -0.146. The molecule has 1 saturated heterocycles. The van der Waals surface area contributed by atoms with Gasteiger partial charge in [0.2, 0.25) is 0 Å². The molecular weight excluding hydrogens is 481 g/mol. The van der Waals surface area contributed by atoms with Gasteiger partial charge in [0.15, 0.2) is 0 Å². The van der Waals surface area contributed by atoms with Crippen LogP contribution in [0.3, 0.4) is 0 Å². The van der Waals surface area contributed by atoms with Gasteiger partial charge in [0.25, 0.3) is 5.91 Å². The third-order valence-corrected chi connectivity index (χ3v) is 8.20. The zero-order chi connectivity index (χ0) is 26.9. The Morgan fingerprint density at radius 1 is 1.16 bits per heavy atom. The van der Waals surface area contributed by atoms with E-state index in [2.05, 4.69) is 35.2 Å². The van der Waals surface area contributed by atoms with Crippen molar-refractivity contribution in [2.24, 2.45) is 23.7 Å². The molecule has 1 N–H and O–H groups in total. The van der Waals surface area contributed by atoms with Crippen molar-refractivity contribution in [2.45, 2.75) is 45.3 Å². The third kappa shape index (κ3) is 4.73. The van der Waals surface area contributed by atoms with E-state index in [9.17, 15) is 14.0 Å². The molecule has 196 valence electrons. The lowest BCUT2D eigenvalue weighted by Gasteiger charge is -2.48. The number of nitrogens with zero attached hydrogens (tertiary/aromatic N) is 2. The van der Waals surface area contributed by atoms with Gasteiger partial charge in [0.1, 0.15) is 17.5 Å². The summed E-state index contributed by atoms with van der Waals surface area (Å²) in [6.07, 6.45) is 10.1. The van der Waals surface area contributed by atoms with Crippen LogP contribution in [-0.2, 0) is 9.53 Å². The van der Waals surface area contributed by atoms with E-state index in [1.54, 1.807) is 36.8 Å². The van der Waals surface area contributed by atoms with Crippen LogP contribution >= 0.6 is 0 Å². The summed E-state index contributed by atoms with van der Waals surface area (Å²) in [6, 6.07) is 13.5. The number of aromatic nitrogens is 2. The van der Waals surface area contributed by atoms with E-state index in [1.807, 2.05) is 31.2 Å². The number of fused-ring (bicyclic) bond motifs is 1. The Balaban J connectivity index is 1.45. The first-order chi connectivity index (χ1) is 18.3. The van der Waals surface area contributed by atoms with Crippen molar-refractivity contribution in [3.63, 3.8) is 0 Å². The number of hydrogen-bond acceptors (Lipinski definition) is 5. The summed E-state index contributed by atoms with van der Waals surface area (Å²) in [6.45, 7) is 6.23. The molecule has 1 aliphatic carbocycles. The first-order valence-electron chi connectivity index (χ1n) is 13.2. The minimum Gasteiger partial charge on any atom is -0.460 e.